The lowest BCUT2D eigenvalue weighted by Crippen LogP contribution is -2.29. The zero-order chi connectivity index (χ0) is 25.9. The predicted octanol–water partition coefficient (Wildman–Crippen LogP) is 7.57. The molecule has 184 valence electrons. The van der Waals surface area contributed by atoms with Gasteiger partial charge in [0.15, 0.2) is 0 Å². The highest BCUT2D eigenvalue weighted by molar-refractivity contribution is 6.34. The summed E-state index contributed by atoms with van der Waals surface area (Å²) in [7, 11) is 0. The van der Waals surface area contributed by atoms with Crippen LogP contribution in [0.1, 0.15) is 31.8 Å². The van der Waals surface area contributed by atoms with Crippen LogP contribution in [0.4, 0.5) is 28.4 Å². The van der Waals surface area contributed by atoms with Gasteiger partial charge in [-0.25, -0.2) is 4.90 Å². The molecule has 2 N–H and O–H groups in total. The van der Waals surface area contributed by atoms with Crippen molar-refractivity contribution in [2.24, 2.45) is 0 Å². The van der Waals surface area contributed by atoms with Crippen molar-refractivity contribution in [3.8, 4) is 0 Å². The maximum Gasteiger partial charge on any atom is 0.266 e. The smallest absolute Gasteiger partial charge is 0.266 e. The van der Waals surface area contributed by atoms with E-state index < -0.39 is 0 Å². The number of rotatable bonds is 7. The van der Waals surface area contributed by atoms with Crippen molar-refractivity contribution in [2.75, 3.05) is 15.5 Å². The van der Waals surface area contributed by atoms with Gasteiger partial charge in [0, 0.05) is 22.7 Å². The molecule has 5 aromatic rings. The molecule has 1 aliphatic heterocycles. The Bertz CT molecular complexity index is 1600. The first kappa shape index (κ1) is 23.3. The maximum atomic E-state index is 13.3. The lowest BCUT2D eigenvalue weighted by molar-refractivity contribution is 0.0926. The van der Waals surface area contributed by atoms with Gasteiger partial charge in [-0.2, -0.15) is 0 Å². The third kappa shape index (κ3) is 4.77. The van der Waals surface area contributed by atoms with E-state index in [1.165, 1.54) is 4.90 Å². The Balaban J connectivity index is 1.16. The second kappa shape index (κ2) is 10.1. The Kier molecular flexibility index (Phi) is 6.16. The molecule has 6 rings (SSSR count). The highest BCUT2D eigenvalue weighted by Gasteiger charge is 2.36. The van der Waals surface area contributed by atoms with E-state index >= 15 is 0 Å². The number of amides is 2. The number of fused-ring (bicyclic) bond motifs is 1. The Morgan fingerprint density at radius 3 is 1.53 bits per heavy atom. The first-order chi connectivity index (χ1) is 18.6. The van der Waals surface area contributed by atoms with Crippen LogP contribution in [0, 0.1) is 0 Å². The van der Waals surface area contributed by atoms with Crippen LogP contribution in [0.25, 0.3) is 0 Å². The fourth-order valence-corrected chi connectivity index (χ4v) is 4.64. The second-order valence-electron chi connectivity index (χ2n) is 9.23. The molecule has 0 aromatic heterocycles. The van der Waals surface area contributed by atoms with Crippen LogP contribution in [0.3, 0.4) is 0 Å². The van der Waals surface area contributed by atoms with E-state index in [-0.39, 0.29) is 11.8 Å². The highest BCUT2D eigenvalue weighted by Crippen LogP contribution is 2.31. The van der Waals surface area contributed by atoms with Gasteiger partial charge in [-0.3, -0.25) is 9.59 Å². The molecule has 5 nitrogen and oxygen atoms in total. The average molecular weight is 496 g/mol. The molecule has 0 radical (unpaired) electrons. The van der Waals surface area contributed by atoms with Crippen molar-refractivity contribution in [3.63, 3.8) is 0 Å². The molecule has 0 saturated heterocycles. The molecule has 1 heterocycles. The summed E-state index contributed by atoms with van der Waals surface area (Å²) >= 11 is 0. The SMILES string of the molecule is O=C1c2ccc(Cc3ccc(Nc4ccccc4)cc3)cc2C(=O)N1c1ccc(Nc2ccccc2)cc1. The number of hydrogen-bond donors (Lipinski definition) is 2. The third-order valence-corrected chi connectivity index (χ3v) is 6.56. The van der Waals surface area contributed by atoms with Gasteiger partial charge < -0.3 is 10.6 Å². The van der Waals surface area contributed by atoms with Crippen LogP contribution in [-0.4, -0.2) is 11.8 Å². The minimum atomic E-state index is -0.295. The summed E-state index contributed by atoms with van der Waals surface area (Å²) in [5.41, 5.74) is 7.44. The number of benzene rings is 5. The monoisotopic (exact) mass is 495 g/mol. The van der Waals surface area contributed by atoms with Crippen molar-refractivity contribution in [1.29, 1.82) is 0 Å². The molecule has 0 bridgehead atoms. The Labute approximate surface area is 221 Å². The van der Waals surface area contributed by atoms with E-state index in [1.807, 2.05) is 97.1 Å². The molecule has 38 heavy (non-hydrogen) atoms. The topological polar surface area (TPSA) is 61.4 Å². The van der Waals surface area contributed by atoms with Gasteiger partial charge in [0.1, 0.15) is 0 Å². The molecule has 0 saturated carbocycles. The fourth-order valence-electron chi connectivity index (χ4n) is 4.64. The molecule has 5 aromatic carbocycles. The fraction of sp³-hybridized carbons (Fsp3) is 0.0303. The standard InChI is InChI=1S/C33H25N3O2/c37-32-30-20-13-24(21-23-11-14-27(15-12-23)34-25-7-3-1-4-8-25)22-31(30)33(38)36(32)29-18-16-28(17-19-29)35-26-9-5-2-6-10-26/h1-20,22,34-35H,21H2. The first-order valence-electron chi connectivity index (χ1n) is 12.5. The van der Waals surface area contributed by atoms with Gasteiger partial charge in [-0.15, -0.1) is 0 Å². The zero-order valence-corrected chi connectivity index (χ0v) is 20.6. The Morgan fingerprint density at radius 2 is 0.947 bits per heavy atom. The van der Waals surface area contributed by atoms with Gasteiger partial charge >= 0.3 is 0 Å². The van der Waals surface area contributed by atoms with E-state index in [9.17, 15) is 9.59 Å². The Hall–Kier alpha value is -5.16. The van der Waals surface area contributed by atoms with Crippen molar-refractivity contribution < 1.29 is 9.59 Å². The van der Waals surface area contributed by atoms with Gasteiger partial charge in [-0.1, -0.05) is 54.6 Å². The van der Waals surface area contributed by atoms with Crippen molar-refractivity contribution in [1.82, 2.24) is 0 Å². The molecule has 1 aliphatic rings. The largest absolute Gasteiger partial charge is 0.356 e. The van der Waals surface area contributed by atoms with Gasteiger partial charge in [-0.05, 0) is 90.3 Å². The molecule has 0 aliphatic carbocycles. The number of nitrogens with one attached hydrogen (secondary N) is 2. The number of carbonyl (C=O) groups excluding carboxylic acids is 2. The van der Waals surface area contributed by atoms with E-state index in [0.29, 0.717) is 23.2 Å². The number of carbonyl (C=O) groups is 2. The van der Waals surface area contributed by atoms with Crippen molar-refractivity contribution in [2.45, 2.75) is 6.42 Å². The molecule has 0 atom stereocenters. The summed E-state index contributed by atoms with van der Waals surface area (Å²) in [5, 5.41) is 6.70. The summed E-state index contributed by atoms with van der Waals surface area (Å²) in [6.45, 7) is 0. The van der Waals surface area contributed by atoms with Gasteiger partial charge in [0.2, 0.25) is 0 Å². The molecule has 5 heteroatoms. The normalized spacial score (nSPS) is 12.4. The van der Waals surface area contributed by atoms with E-state index in [4.69, 9.17) is 0 Å². The lowest BCUT2D eigenvalue weighted by Gasteiger charge is -2.15. The highest BCUT2D eigenvalue weighted by atomic mass is 16.2. The van der Waals surface area contributed by atoms with Crippen LogP contribution < -0.4 is 15.5 Å². The first-order valence-corrected chi connectivity index (χ1v) is 12.5. The van der Waals surface area contributed by atoms with Crippen LogP contribution in [0.2, 0.25) is 0 Å². The molecular weight excluding hydrogens is 470 g/mol. The summed E-state index contributed by atoms with van der Waals surface area (Å²) in [5.74, 6) is -0.588. The number of imide groups is 1. The van der Waals surface area contributed by atoms with Gasteiger partial charge in [0.25, 0.3) is 11.8 Å². The molecular formula is C33H25N3O2. The Morgan fingerprint density at radius 1 is 0.474 bits per heavy atom. The number of nitrogens with zero attached hydrogens (tertiary/aromatic N) is 1. The molecule has 0 unspecified atom stereocenters. The minimum absolute atomic E-state index is 0.293. The molecule has 0 spiro atoms. The number of hydrogen-bond acceptors (Lipinski definition) is 4. The van der Waals surface area contributed by atoms with Crippen LogP contribution >= 0.6 is 0 Å². The van der Waals surface area contributed by atoms with Gasteiger partial charge in [0.05, 0.1) is 16.8 Å². The molecule has 0 fully saturated rings. The van der Waals surface area contributed by atoms with Crippen LogP contribution in [-0.2, 0) is 6.42 Å². The van der Waals surface area contributed by atoms with E-state index in [0.717, 1.165) is 33.9 Å². The average Bonchev–Trinajstić information content (AvgIpc) is 3.20. The van der Waals surface area contributed by atoms with Crippen molar-refractivity contribution in [3.05, 3.63) is 150 Å². The summed E-state index contributed by atoms with van der Waals surface area (Å²) in [4.78, 5) is 27.7. The number of anilines is 5. The maximum absolute atomic E-state index is 13.3. The molecule has 2 amide bonds. The van der Waals surface area contributed by atoms with Crippen LogP contribution in [0.15, 0.2) is 127 Å². The van der Waals surface area contributed by atoms with E-state index in [2.05, 4.69) is 22.8 Å². The zero-order valence-electron chi connectivity index (χ0n) is 20.6. The van der Waals surface area contributed by atoms with Crippen molar-refractivity contribution >= 4 is 40.3 Å². The third-order valence-electron chi connectivity index (χ3n) is 6.56. The minimum Gasteiger partial charge on any atom is -0.356 e. The predicted molar refractivity (Wildman–Crippen MR) is 153 cm³/mol. The second-order valence-corrected chi connectivity index (χ2v) is 9.23. The summed E-state index contributed by atoms with van der Waals surface area (Å²) in [6, 6.07) is 41.0. The summed E-state index contributed by atoms with van der Waals surface area (Å²) in [6.07, 6.45) is 0.667. The summed E-state index contributed by atoms with van der Waals surface area (Å²) < 4.78 is 0. The quantitative estimate of drug-likeness (QED) is 0.229. The lowest BCUT2D eigenvalue weighted by atomic mass is 10.00. The van der Waals surface area contributed by atoms with Crippen LogP contribution in [0.5, 0.6) is 0 Å². The number of para-hydroxylation sites is 2. The van der Waals surface area contributed by atoms with E-state index in [1.54, 1.807) is 18.2 Å².